The van der Waals surface area contributed by atoms with Crippen molar-refractivity contribution in [2.24, 2.45) is 0 Å². The normalized spacial score (nSPS) is 18.2. The molecule has 0 spiro atoms. The molecule has 0 bridgehead atoms. The van der Waals surface area contributed by atoms with E-state index in [4.69, 9.17) is 0 Å². The summed E-state index contributed by atoms with van der Waals surface area (Å²) in [5.74, 6) is 0.148. The van der Waals surface area contributed by atoms with Crippen LogP contribution in [0.5, 0.6) is 0 Å². The Hall–Kier alpha value is -1.35. The monoisotopic (exact) mass is 218 g/mol. The summed E-state index contributed by atoms with van der Waals surface area (Å²) in [7, 11) is 2.07. The van der Waals surface area contributed by atoms with Crippen LogP contribution in [0.1, 0.15) is 23.2 Å². The second-order valence-corrected chi connectivity index (χ2v) is 4.36. The van der Waals surface area contributed by atoms with E-state index in [-0.39, 0.29) is 5.91 Å². The quantitative estimate of drug-likeness (QED) is 0.717. The van der Waals surface area contributed by atoms with E-state index in [0.717, 1.165) is 31.7 Å². The molecule has 1 aliphatic heterocycles. The number of amides is 1. The first-order valence-electron chi connectivity index (χ1n) is 5.80. The van der Waals surface area contributed by atoms with Crippen molar-refractivity contribution in [1.29, 1.82) is 0 Å². The lowest BCUT2D eigenvalue weighted by Crippen LogP contribution is -2.38. The largest absolute Gasteiger partial charge is 0.326 e. The van der Waals surface area contributed by atoms with E-state index in [1.165, 1.54) is 6.42 Å². The minimum Gasteiger partial charge on any atom is -0.326 e. The molecule has 0 aromatic heterocycles. The number of benzene rings is 1. The maximum Gasteiger partial charge on any atom is 0.254 e. The summed E-state index contributed by atoms with van der Waals surface area (Å²) in [6.45, 7) is 2.70. The van der Waals surface area contributed by atoms with E-state index in [9.17, 15) is 4.79 Å². The van der Waals surface area contributed by atoms with Gasteiger partial charge in [0.15, 0.2) is 0 Å². The summed E-state index contributed by atoms with van der Waals surface area (Å²) in [4.78, 5) is 16.3. The molecular formula is C13H18N2O. The molecular weight excluding hydrogens is 200 g/mol. The second-order valence-electron chi connectivity index (χ2n) is 4.36. The van der Waals surface area contributed by atoms with Gasteiger partial charge in [-0.05, 0) is 38.6 Å². The first-order valence-corrected chi connectivity index (χ1v) is 5.80. The highest BCUT2D eigenvalue weighted by atomic mass is 16.2. The molecule has 2 rings (SSSR count). The lowest BCUT2D eigenvalue weighted by molar-refractivity contribution is 0.0687. The number of carbonyl (C=O) groups excluding carboxylic acids is 1. The van der Waals surface area contributed by atoms with Crippen molar-refractivity contribution in [3.8, 4) is 0 Å². The van der Waals surface area contributed by atoms with E-state index in [0.29, 0.717) is 0 Å². The van der Waals surface area contributed by atoms with Crippen LogP contribution in [0.3, 0.4) is 0 Å². The van der Waals surface area contributed by atoms with Crippen molar-refractivity contribution in [3.63, 3.8) is 0 Å². The van der Waals surface area contributed by atoms with E-state index < -0.39 is 0 Å². The van der Waals surface area contributed by atoms with Gasteiger partial charge in [-0.1, -0.05) is 18.2 Å². The number of hydrogen-bond donors (Lipinski definition) is 0. The molecule has 3 nitrogen and oxygen atoms in total. The van der Waals surface area contributed by atoms with Crippen LogP contribution in [0.15, 0.2) is 30.3 Å². The zero-order valence-electron chi connectivity index (χ0n) is 9.72. The zero-order chi connectivity index (χ0) is 11.4. The highest BCUT2D eigenvalue weighted by Gasteiger charge is 2.18. The average molecular weight is 218 g/mol. The molecule has 0 saturated carbocycles. The standard InChI is InChI=1S/C13H18N2O/c1-14-9-5-6-10-15(11-14)13(16)12-7-3-2-4-8-12/h2-4,7-8H,5-6,9-11H2,1H3. The van der Waals surface area contributed by atoms with E-state index in [1.807, 2.05) is 35.2 Å². The summed E-state index contributed by atoms with van der Waals surface area (Å²) in [6, 6.07) is 9.52. The highest BCUT2D eigenvalue weighted by molar-refractivity contribution is 5.94. The highest BCUT2D eigenvalue weighted by Crippen LogP contribution is 2.10. The van der Waals surface area contributed by atoms with Gasteiger partial charge in [0.25, 0.3) is 5.91 Å². The third-order valence-electron chi connectivity index (χ3n) is 2.94. The molecule has 1 heterocycles. The van der Waals surface area contributed by atoms with Crippen molar-refractivity contribution in [3.05, 3.63) is 35.9 Å². The van der Waals surface area contributed by atoms with E-state index in [2.05, 4.69) is 11.9 Å². The Bertz CT molecular complexity index is 350. The molecule has 1 aromatic rings. The molecule has 1 amide bonds. The summed E-state index contributed by atoms with van der Waals surface area (Å²) >= 11 is 0. The van der Waals surface area contributed by atoms with Gasteiger partial charge in [-0.15, -0.1) is 0 Å². The third kappa shape index (κ3) is 2.61. The van der Waals surface area contributed by atoms with Crippen LogP contribution in [0.2, 0.25) is 0 Å². The summed E-state index contributed by atoms with van der Waals surface area (Å²) in [5.41, 5.74) is 0.790. The van der Waals surface area contributed by atoms with Crippen LogP contribution >= 0.6 is 0 Å². The molecule has 0 aliphatic carbocycles. The lowest BCUT2D eigenvalue weighted by atomic mass is 10.2. The number of hydrogen-bond acceptors (Lipinski definition) is 2. The van der Waals surface area contributed by atoms with Gasteiger partial charge < -0.3 is 4.90 Å². The lowest BCUT2D eigenvalue weighted by Gasteiger charge is -2.24. The fraction of sp³-hybridized carbons (Fsp3) is 0.462. The van der Waals surface area contributed by atoms with Gasteiger partial charge >= 0.3 is 0 Å². The van der Waals surface area contributed by atoms with Gasteiger partial charge in [-0.25, -0.2) is 0 Å². The Balaban J connectivity index is 2.09. The minimum atomic E-state index is 0.148. The molecule has 16 heavy (non-hydrogen) atoms. The van der Waals surface area contributed by atoms with E-state index in [1.54, 1.807) is 0 Å². The Kier molecular flexibility index (Phi) is 3.57. The fourth-order valence-corrected chi connectivity index (χ4v) is 2.05. The summed E-state index contributed by atoms with van der Waals surface area (Å²) in [6.07, 6.45) is 2.28. The number of carbonyl (C=O) groups is 1. The summed E-state index contributed by atoms with van der Waals surface area (Å²) in [5, 5.41) is 0. The second kappa shape index (κ2) is 5.12. The fourth-order valence-electron chi connectivity index (χ4n) is 2.05. The third-order valence-corrected chi connectivity index (χ3v) is 2.94. The van der Waals surface area contributed by atoms with Crippen LogP contribution in [-0.4, -0.2) is 42.5 Å². The van der Waals surface area contributed by atoms with Gasteiger partial charge in [-0.2, -0.15) is 0 Å². The maximum atomic E-state index is 12.2. The van der Waals surface area contributed by atoms with Crippen LogP contribution in [0.4, 0.5) is 0 Å². The number of nitrogens with zero attached hydrogens (tertiary/aromatic N) is 2. The van der Waals surface area contributed by atoms with Crippen LogP contribution in [0.25, 0.3) is 0 Å². The SMILES string of the molecule is CN1CCCCN(C(=O)c2ccccc2)C1. The smallest absolute Gasteiger partial charge is 0.254 e. The van der Waals surface area contributed by atoms with Crippen LogP contribution in [-0.2, 0) is 0 Å². The molecule has 0 atom stereocenters. The Morgan fingerprint density at radius 2 is 1.81 bits per heavy atom. The molecule has 3 heteroatoms. The Morgan fingerprint density at radius 1 is 1.12 bits per heavy atom. The van der Waals surface area contributed by atoms with Gasteiger partial charge in [0, 0.05) is 12.1 Å². The minimum absolute atomic E-state index is 0.148. The topological polar surface area (TPSA) is 23.6 Å². The molecule has 0 radical (unpaired) electrons. The van der Waals surface area contributed by atoms with E-state index >= 15 is 0 Å². The maximum absolute atomic E-state index is 12.2. The Labute approximate surface area is 96.7 Å². The van der Waals surface area contributed by atoms with Gasteiger partial charge in [-0.3, -0.25) is 9.69 Å². The molecule has 86 valence electrons. The van der Waals surface area contributed by atoms with Crippen molar-refractivity contribution < 1.29 is 4.79 Å². The molecule has 1 saturated heterocycles. The van der Waals surface area contributed by atoms with Crippen molar-refractivity contribution in [2.75, 3.05) is 26.8 Å². The van der Waals surface area contributed by atoms with Crippen LogP contribution < -0.4 is 0 Å². The zero-order valence-corrected chi connectivity index (χ0v) is 9.72. The predicted molar refractivity (Wildman–Crippen MR) is 64.2 cm³/mol. The predicted octanol–water partition coefficient (Wildman–Crippen LogP) is 1.81. The van der Waals surface area contributed by atoms with Crippen molar-refractivity contribution in [1.82, 2.24) is 9.80 Å². The molecule has 1 aliphatic rings. The van der Waals surface area contributed by atoms with Gasteiger partial charge in [0.2, 0.25) is 0 Å². The first kappa shape index (κ1) is 11.1. The molecule has 0 N–H and O–H groups in total. The number of rotatable bonds is 1. The Morgan fingerprint density at radius 3 is 2.56 bits per heavy atom. The summed E-state index contributed by atoms with van der Waals surface area (Å²) < 4.78 is 0. The molecule has 0 unspecified atom stereocenters. The van der Waals surface area contributed by atoms with Gasteiger partial charge in [0.05, 0.1) is 6.67 Å². The molecule has 1 fully saturated rings. The first-order chi connectivity index (χ1) is 7.77. The van der Waals surface area contributed by atoms with Gasteiger partial charge in [0.1, 0.15) is 0 Å². The van der Waals surface area contributed by atoms with Crippen LogP contribution in [0, 0.1) is 0 Å². The van der Waals surface area contributed by atoms with Crippen molar-refractivity contribution >= 4 is 5.91 Å². The average Bonchev–Trinajstić information content (AvgIpc) is 2.54. The molecule has 1 aromatic carbocycles. The van der Waals surface area contributed by atoms with Crippen molar-refractivity contribution in [2.45, 2.75) is 12.8 Å².